The summed E-state index contributed by atoms with van der Waals surface area (Å²) in [6.07, 6.45) is 0. The fourth-order valence-electron chi connectivity index (χ4n) is 0. The molecule has 0 saturated carbocycles. The van der Waals surface area contributed by atoms with E-state index in [0.29, 0.717) is 0 Å². The maximum atomic E-state index is 5.35. The van der Waals surface area contributed by atoms with Crippen molar-refractivity contribution in [3.8, 4) is 0 Å². The van der Waals surface area contributed by atoms with Crippen LogP contribution in [0.4, 0.5) is 0 Å². The van der Waals surface area contributed by atoms with Gasteiger partial charge in [0.15, 0.2) is 0 Å². The molecule has 2 N–H and O–H groups in total. The lowest BCUT2D eigenvalue weighted by molar-refractivity contribution is 0.658. The molecule has 0 unspecified atom stereocenters. The van der Waals surface area contributed by atoms with Gasteiger partial charge in [-0.2, -0.15) is 0 Å². The number of hydrogen-bond donors (Lipinski definition) is 1. The Morgan fingerprint density at radius 3 is 1.83 bits per heavy atom. The third-order valence-corrected chi connectivity index (χ3v) is 1.61. The minimum Gasteiger partial charge on any atom is -0.346 e. The summed E-state index contributed by atoms with van der Waals surface area (Å²) in [6, 6.07) is 0. The molecule has 0 heterocycles. The second-order valence-electron chi connectivity index (χ2n) is 1.34. The van der Waals surface area contributed by atoms with E-state index in [1.807, 2.05) is 18.9 Å². The lowest BCUT2D eigenvalue weighted by Crippen LogP contribution is -2.35. The van der Waals surface area contributed by atoms with Crippen molar-refractivity contribution in [3.05, 3.63) is 0 Å². The molecule has 0 spiro atoms. The molecule has 0 aliphatic rings. The lowest BCUT2D eigenvalue weighted by Gasteiger charge is -2.06. The zero-order chi connectivity index (χ0) is 5.15. The predicted octanol–water partition coefficient (Wildman–Crippen LogP) is -0.0734. The van der Waals surface area contributed by atoms with E-state index in [0.717, 1.165) is 0 Å². The molecule has 6 heavy (non-hydrogen) atoms. The van der Waals surface area contributed by atoms with E-state index in [-0.39, 0.29) is 4.84 Å². The second kappa shape index (κ2) is 2.82. The highest BCUT2D eigenvalue weighted by Crippen LogP contribution is 1.85. The monoisotopic (exact) mass is 198 g/mol. The molecule has 0 bridgehead atoms. The minimum atomic E-state index is 0.155. The summed E-state index contributed by atoms with van der Waals surface area (Å²) < 4.78 is 0. The normalized spacial score (nSPS) is 9.50. The Labute approximate surface area is 52.1 Å². The van der Waals surface area contributed by atoms with Crippen LogP contribution in [0.15, 0.2) is 0 Å². The topological polar surface area (TPSA) is 29.3 Å². The molecule has 36 valence electrons. The van der Waals surface area contributed by atoms with E-state index in [2.05, 4.69) is 22.4 Å². The molecule has 0 rings (SSSR count). The average molecular weight is 198 g/mol. The van der Waals surface area contributed by atoms with E-state index in [1.54, 1.807) is 0 Å². The first-order valence-electron chi connectivity index (χ1n) is 1.70. The maximum absolute atomic E-state index is 5.35. The fraction of sp³-hybridized carbons (Fsp3) is 1.00. The van der Waals surface area contributed by atoms with Crippen molar-refractivity contribution in [1.82, 2.24) is 4.81 Å². The summed E-state index contributed by atoms with van der Waals surface area (Å²) in [7, 11) is 3.88. The van der Waals surface area contributed by atoms with Crippen molar-refractivity contribution in [2.75, 3.05) is 14.1 Å². The first kappa shape index (κ1) is 6.71. The van der Waals surface area contributed by atoms with Gasteiger partial charge in [-0.25, -0.2) is 0 Å². The Morgan fingerprint density at radius 2 is 1.83 bits per heavy atom. The van der Waals surface area contributed by atoms with Crippen LogP contribution in [0, 0.1) is 0 Å². The molecular weight excluding hydrogens is 190 g/mol. The Hall–Kier alpha value is 0.715. The summed E-state index contributed by atoms with van der Waals surface area (Å²) >= 11 is 2.14. The van der Waals surface area contributed by atoms with Gasteiger partial charge in [0.2, 0.25) is 0 Å². The third-order valence-electron chi connectivity index (χ3n) is 0.493. The van der Waals surface area contributed by atoms with Gasteiger partial charge in [0.25, 0.3) is 0 Å². The van der Waals surface area contributed by atoms with E-state index in [1.165, 1.54) is 0 Å². The summed E-state index contributed by atoms with van der Waals surface area (Å²) in [5, 5.41) is 0. The molecule has 0 radical (unpaired) electrons. The van der Waals surface area contributed by atoms with Crippen molar-refractivity contribution in [2.24, 2.45) is 5.64 Å². The summed E-state index contributed by atoms with van der Waals surface area (Å²) in [5.41, 5.74) is 5.35. The molecule has 4 heteroatoms. The number of hydrogen-bond acceptors (Lipinski definition) is 2. The van der Waals surface area contributed by atoms with E-state index < -0.39 is 0 Å². The third kappa shape index (κ3) is 2.93. The van der Waals surface area contributed by atoms with Crippen LogP contribution in [-0.4, -0.2) is 23.7 Å². The molecule has 0 aliphatic heterocycles. The molecule has 0 aliphatic carbocycles. The first-order chi connectivity index (χ1) is 2.64. The van der Waals surface area contributed by atoms with Crippen LogP contribution in [0.25, 0.3) is 0 Å². The number of rotatable bonds is 1. The summed E-state index contributed by atoms with van der Waals surface area (Å²) in [5.74, 6) is 0. The zero-order valence-electron chi connectivity index (χ0n) is 3.98. The molecule has 0 aromatic carbocycles. The highest BCUT2D eigenvalue weighted by atomic mass is 127. The van der Waals surface area contributed by atoms with Crippen LogP contribution in [0.2, 0.25) is 0 Å². The zero-order valence-corrected chi connectivity index (χ0v) is 6.14. The van der Waals surface area contributed by atoms with Crippen LogP contribution in [0.5, 0.6) is 0 Å². The molecule has 0 amide bonds. The van der Waals surface area contributed by atoms with Crippen LogP contribution in [0.3, 0.4) is 0 Å². The fourth-order valence-corrected chi connectivity index (χ4v) is 0. The van der Waals surface area contributed by atoms with Gasteiger partial charge in [0.1, 0.15) is 0 Å². The first-order valence-corrected chi connectivity index (χ1v) is 2.95. The van der Waals surface area contributed by atoms with Crippen molar-refractivity contribution in [3.63, 3.8) is 0 Å². The average Bonchev–Trinajstić information content (AvgIpc) is 1.36. The van der Waals surface area contributed by atoms with E-state index in [9.17, 15) is 0 Å². The highest BCUT2D eigenvalue weighted by Gasteiger charge is 2.01. The van der Waals surface area contributed by atoms with Gasteiger partial charge < -0.3 is 10.5 Å². The summed E-state index contributed by atoms with van der Waals surface area (Å²) in [6.45, 7) is 0. The van der Waals surface area contributed by atoms with Gasteiger partial charge in [-0.3, -0.25) is 0 Å². The van der Waals surface area contributed by atoms with Gasteiger partial charge in [-0.05, 0) is 14.1 Å². The van der Waals surface area contributed by atoms with Crippen LogP contribution in [-0.2, 0) is 0 Å². The second-order valence-corrected chi connectivity index (χ2v) is 2.61. The Kier molecular flexibility index (Phi) is 3.15. The SMILES string of the molecule is CN(C)B(N)I. The lowest BCUT2D eigenvalue weighted by atomic mass is 10.2. The van der Waals surface area contributed by atoms with Crippen molar-refractivity contribution >= 4 is 27.2 Å². The predicted molar refractivity (Wildman–Crippen MR) is 37.6 cm³/mol. The van der Waals surface area contributed by atoms with Gasteiger partial charge in [0.05, 0.1) is 0 Å². The maximum Gasteiger partial charge on any atom is 0.379 e. The minimum absolute atomic E-state index is 0.155. The highest BCUT2D eigenvalue weighted by molar-refractivity contribution is 14.1. The largest absolute Gasteiger partial charge is 0.379 e. The molecule has 0 saturated heterocycles. The number of halogens is 1. The van der Waals surface area contributed by atoms with Crippen molar-refractivity contribution in [2.45, 2.75) is 0 Å². The molecule has 0 fully saturated rings. The molecule has 0 aromatic rings. The van der Waals surface area contributed by atoms with E-state index >= 15 is 0 Å². The van der Waals surface area contributed by atoms with Gasteiger partial charge in [-0.15, -0.1) is 22.4 Å². The molecule has 0 aromatic heterocycles. The van der Waals surface area contributed by atoms with Gasteiger partial charge in [-0.1, -0.05) is 0 Å². The van der Waals surface area contributed by atoms with Gasteiger partial charge in [0, 0.05) is 0 Å². The number of nitrogens with two attached hydrogens (primary N) is 1. The standard InChI is InChI=1S/C2H8BIN2/c1-6(2)3(4)5/h5H2,1-2H3. The summed E-state index contributed by atoms with van der Waals surface area (Å²) in [4.78, 5) is 2.09. The Morgan fingerprint density at radius 1 is 1.67 bits per heavy atom. The van der Waals surface area contributed by atoms with E-state index in [4.69, 9.17) is 5.64 Å². The van der Waals surface area contributed by atoms with Crippen LogP contribution in [0.1, 0.15) is 0 Å². The molecular formula is C2H8BIN2. The molecule has 0 atom stereocenters. The smallest absolute Gasteiger partial charge is 0.346 e. The van der Waals surface area contributed by atoms with Crippen LogP contribution >= 0.6 is 22.4 Å². The van der Waals surface area contributed by atoms with Gasteiger partial charge >= 0.3 is 4.84 Å². The van der Waals surface area contributed by atoms with Crippen molar-refractivity contribution in [1.29, 1.82) is 0 Å². The quantitative estimate of drug-likeness (QED) is 0.471. The number of nitrogens with zero attached hydrogens (tertiary/aromatic N) is 1. The Balaban J connectivity index is 2.99. The Bertz CT molecular complexity index is 32.5. The van der Waals surface area contributed by atoms with Crippen molar-refractivity contribution < 1.29 is 0 Å². The van der Waals surface area contributed by atoms with Crippen LogP contribution < -0.4 is 5.64 Å². The molecule has 2 nitrogen and oxygen atoms in total.